The third kappa shape index (κ3) is 1.36. The van der Waals surface area contributed by atoms with Crippen LogP contribution >= 0.6 is 0 Å². The van der Waals surface area contributed by atoms with Gasteiger partial charge in [0.15, 0.2) is 11.8 Å². The van der Waals surface area contributed by atoms with E-state index < -0.39 is 0 Å². The lowest BCUT2D eigenvalue weighted by molar-refractivity contribution is 0.426. The Morgan fingerprint density at radius 1 is 1.00 bits per heavy atom. The summed E-state index contributed by atoms with van der Waals surface area (Å²) in [7, 11) is 0. The van der Waals surface area contributed by atoms with Crippen LogP contribution in [0.4, 0.5) is 0 Å². The second kappa shape index (κ2) is 2.86. The Kier molecular flexibility index (Phi) is 1.70. The summed E-state index contributed by atoms with van der Waals surface area (Å²) in [5.74, 6) is -0.0416. The van der Waals surface area contributed by atoms with Gasteiger partial charge in [-0.25, -0.2) is 0 Å². The molecule has 0 saturated carbocycles. The van der Waals surface area contributed by atoms with Gasteiger partial charge >= 0.3 is 0 Å². The number of aromatic amines is 1. The van der Waals surface area contributed by atoms with Gasteiger partial charge in [0.1, 0.15) is 0 Å². The second-order valence-corrected chi connectivity index (χ2v) is 2.78. The van der Waals surface area contributed by atoms with Gasteiger partial charge in [-0.1, -0.05) is 30.3 Å². The minimum atomic E-state index is -0.0312. The summed E-state index contributed by atoms with van der Waals surface area (Å²) >= 11 is 0. The first-order chi connectivity index (χ1) is 6.27. The van der Waals surface area contributed by atoms with Crippen molar-refractivity contribution >= 4 is 0 Å². The molecule has 0 amide bonds. The van der Waals surface area contributed by atoms with E-state index in [1.54, 1.807) is 0 Å². The molecule has 0 spiro atoms. The number of benzene rings is 1. The van der Waals surface area contributed by atoms with Crippen molar-refractivity contribution in [1.82, 2.24) is 4.98 Å². The maximum Gasteiger partial charge on any atom is 0.199 e. The van der Waals surface area contributed by atoms with Gasteiger partial charge in [-0.05, 0) is 5.56 Å². The number of aromatic nitrogens is 1. The Bertz CT molecular complexity index is 406. The highest BCUT2D eigenvalue weighted by molar-refractivity contribution is 5.70. The molecule has 0 bridgehead atoms. The van der Waals surface area contributed by atoms with Gasteiger partial charge in [-0.3, -0.25) is 4.98 Å². The summed E-state index contributed by atoms with van der Waals surface area (Å²) in [5, 5.41) is 18.4. The van der Waals surface area contributed by atoms with E-state index in [-0.39, 0.29) is 11.8 Å². The monoisotopic (exact) mass is 175 g/mol. The van der Waals surface area contributed by atoms with Crippen LogP contribution < -0.4 is 0 Å². The van der Waals surface area contributed by atoms with Crippen molar-refractivity contribution in [3.63, 3.8) is 0 Å². The molecular weight excluding hydrogens is 166 g/mol. The third-order valence-electron chi connectivity index (χ3n) is 1.87. The molecule has 3 nitrogen and oxygen atoms in total. The van der Waals surface area contributed by atoms with Crippen LogP contribution in [-0.2, 0) is 0 Å². The lowest BCUT2D eigenvalue weighted by atomic mass is 10.1. The smallest absolute Gasteiger partial charge is 0.199 e. The molecule has 0 atom stereocenters. The van der Waals surface area contributed by atoms with E-state index in [4.69, 9.17) is 5.11 Å². The molecule has 2 rings (SSSR count). The van der Waals surface area contributed by atoms with Crippen molar-refractivity contribution in [2.24, 2.45) is 0 Å². The Labute approximate surface area is 75.3 Å². The maximum atomic E-state index is 9.37. The zero-order valence-electron chi connectivity index (χ0n) is 6.86. The molecule has 13 heavy (non-hydrogen) atoms. The summed E-state index contributed by atoms with van der Waals surface area (Å²) in [6.07, 6.45) is 0. The summed E-state index contributed by atoms with van der Waals surface area (Å²) in [4.78, 5) is 2.42. The largest absolute Gasteiger partial charge is 0.494 e. The highest BCUT2D eigenvalue weighted by atomic mass is 16.3. The second-order valence-electron chi connectivity index (χ2n) is 2.78. The predicted molar refractivity (Wildman–Crippen MR) is 49.6 cm³/mol. The quantitative estimate of drug-likeness (QED) is 0.621. The van der Waals surface area contributed by atoms with Crippen LogP contribution in [0.1, 0.15) is 0 Å². The van der Waals surface area contributed by atoms with Crippen LogP contribution in [0.2, 0.25) is 0 Å². The summed E-state index contributed by atoms with van der Waals surface area (Å²) in [6.45, 7) is 0. The molecule has 0 saturated heterocycles. The van der Waals surface area contributed by atoms with Crippen molar-refractivity contribution < 1.29 is 10.2 Å². The van der Waals surface area contributed by atoms with Gasteiger partial charge in [0.05, 0.1) is 0 Å². The van der Waals surface area contributed by atoms with E-state index in [0.717, 1.165) is 5.56 Å². The molecule has 0 aliphatic heterocycles. The molecule has 0 fully saturated rings. The van der Waals surface area contributed by atoms with E-state index in [1.165, 1.54) is 6.07 Å². The molecule has 0 aliphatic carbocycles. The molecule has 2 aromatic rings. The van der Waals surface area contributed by atoms with Gasteiger partial charge in [0, 0.05) is 11.6 Å². The maximum absolute atomic E-state index is 9.37. The highest BCUT2D eigenvalue weighted by Gasteiger charge is 2.07. The van der Waals surface area contributed by atoms with E-state index in [1.807, 2.05) is 30.3 Å². The SMILES string of the molecule is Oc1cc(-c2ccccc2)c(O)[nH]1. The Balaban J connectivity index is 2.53. The lowest BCUT2D eigenvalue weighted by Gasteiger charge is -1.96. The Morgan fingerprint density at radius 2 is 1.69 bits per heavy atom. The van der Waals surface area contributed by atoms with Gasteiger partial charge in [0.25, 0.3) is 0 Å². The number of rotatable bonds is 1. The predicted octanol–water partition coefficient (Wildman–Crippen LogP) is 2.09. The fourth-order valence-electron chi connectivity index (χ4n) is 1.27. The molecule has 66 valence electrons. The van der Waals surface area contributed by atoms with Crippen molar-refractivity contribution in [3.8, 4) is 22.9 Å². The summed E-state index contributed by atoms with van der Waals surface area (Å²) < 4.78 is 0. The first-order valence-corrected chi connectivity index (χ1v) is 3.94. The third-order valence-corrected chi connectivity index (χ3v) is 1.87. The van der Waals surface area contributed by atoms with Crippen molar-refractivity contribution in [2.75, 3.05) is 0 Å². The van der Waals surface area contributed by atoms with E-state index in [0.29, 0.717) is 5.56 Å². The molecule has 0 unspecified atom stereocenters. The van der Waals surface area contributed by atoms with Gasteiger partial charge in [-0.15, -0.1) is 0 Å². The van der Waals surface area contributed by atoms with E-state index >= 15 is 0 Å². The number of H-pyrrole nitrogens is 1. The van der Waals surface area contributed by atoms with Crippen molar-refractivity contribution in [1.29, 1.82) is 0 Å². The molecule has 1 heterocycles. The Hall–Kier alpha value is -1.90. The van der Waals surface area contributed by atoms with Crippen LogP contribution in [0.25, 0.3) is 11.1 Å². The molecular formula is C10H9NO2. The zero-order chi connectivity index (χ0) is 9.26. The lowest BCUT2D eigenvalue weighted by Crippen LogP contribution is -1.72. The first-order valence-electron chi connectivity index (χ1n) is 3.94. The standard InChI is InChI=1S/C10H9NO2/c12-9-6-8(10(13)11-9)7-4-2-1-3-5-7/h1-6,11-13H. The first kappa shape index (κ1) is 7.73. The van der Waals surface area contributed by atoms with Gasteiger partial charge < -0.3 is 10.2 Å². The average molecular weight is 175 g/mol. The van der Waals surface area contributed by atoms with Gasteiger partial charge in [0.2, 0.25) is 0 Å². The van der Waals surface area contributed by atoms with E-state index in [2.05, 4.69) is 4.98 Å². The highest BCUT2D eigenvalue weighted by Crippen LogP contribution is 2.31. The normalized spacial score (nSPS) is 10.2. The van der Waals surface area contributed by atoms with Gasteiger partial charge in [-0.2, -0.15) is 0 Å². The topological polar surface area (TPSA) is 56.2 Å². The molecule has 3 heteroatoms. The number of aromatic hydroxyl groups is 2. The minimum Gasteiger partial charge on any atom is -0.494 e. The van der Waals surface area contributed by atoms with Crippen LogP contribution in [-0.4, -0.2) is 15.2 Å². The number of hydrogen-bond acceptors (Lipinski definition) is 2. The molecule has 1 aromatic carbocycles. The Morgan fingerprint density at radius 3 is 2.23 bits per heavy atom. The molecule has 0 aliphatic rings. The summed E-state index contributed by atoms with van der Waals surface area (Å²) in [6, 6.07) is 10.9. The number of hydrogen-bond donors (Lipinski definition) is 3. The zero-order valence-corrected chi connectivity index (χ0v) is 6.86. The molecule has 3 N–H and O–H groups in total. The average Bonchev–Trinajstić information content (AvgIpc) is 2.47. The minimum absolute atomic E-state index is 0.0105. The van der Waals surface area contributed by atoms with Crippen LogP contribution in [0, 0.1) is 0 Å². The van der Waals surface area contributed by atoms with Crippen LogP contribution in [0.5, 0.6) is 11.8 Å². The number of nitrogens with one attached hydrogen (secondary N) is 1. The van der Waals surface area contributed by atoms with Crippen LogP contribution in [0.15, 0.2) is 36.4 Å². The van der Waals surface area contributed by atoms with E-state index in [9.17, 15) is 5.11 Å². The fourth-order valence-corrected chi connectivity index (χ4v) is 1.27. The molecule has 1 aromatic heterocycles. The fraction of sp³-hybridized carbons (Fsp3) is 0. The van der Waals surface area contributed by atoms with Crippen LogP contribution in [0.3, 0.4) is 0 Å². The van der Waals surface area contributed by atoms with Crippen molar-refractivity contribution in [2.45, 2.75) is 0 Å². The molecule has 0 radical (unpaired) electrons. The summed E-state index contributed by atoms with van der Waals surface area (Å²) in [5.41, 5.74) is 1.48. The van der Waals surface area contributed by atoms with Crippen molar-refractivity contribution in [3.05, 3.63) is 36.4 Å².